The summed E-state index contributed by atoms with van der Waals surface area (Å²) in [5, 5.41) is 2.87. The third-order valence-electron chi connectivity index (χ3n) is 4.44. The molecule has 1 fully saturated rings. The van der Waals surface area contributed by atoms with Gasteiger partial charge in [0.15, 0.2) is 12.3 Å². The molecule has 5 heteroatoms. The molecule has 1 unspecified atom stereocenters. The first-order chi connectivity index (χ1) is 12.0. The van der Waals surface area contributed by atoms with Crippen molar-refractivity contribution in [3.8, 4) is 0 Å². The van der Waals surface area contributed by atoms with E-state index in [1.807, 2.05) is 0 Å². The average molecular weight is 341 g/mol. The maximum absolute atomic E-state index is 13.0. The lowest BCUT2D eigenvalue weighted by molar-refractivity contribution is -0.916. The minimum Gasteiger partial charge on any atom is -0.321 e. The van der Waals surface area contributed by atoms with E-state index in [9.17, 15) is 14.0 Å². The van der Waals surface area contributed by atoms with Gasteiger partial charge in [0, 0.05) is 29.7 Å². The number of benzene rings is 2. The van der Waals surface area contributed by atoms with Crippen LogP contribution < -0.4 is 10.2 Å². The number of carbonyl (C=O) groups excluding carboxylic acids is 2. The molecule has 1 amide bonds. The zero-order chi connectivity index (χ0) is 17.8. The van der Waals surface area contributed by atoms with Crippen LogP contribution in [0.1, 0.15) is 35.7 Å². The summed E-state index contributed by atoms with van der Waals surface area (Å²) in [6.07, 6.45) is 2.23. The fourth-order valence-corrected chi connectivity index (χ4v) is 2.93. The summed E-state index contributed by atoms with van der Waals surface area (Å²) in [4.78, 5) is 25.0. The van der Waals surface area contributed by atoms with Crippen molar-refractivity contribution < 1.29 is 18.9 Å². The third-order valence-corrected chi connectivity index (χ3v) is 4.44. The van der Waals surface area contributed by atoms with Crippen LogP contribution in [-0.4, -0.2) is 24.3 Å². The van der Waals surface area contributed by atoms with Gasteiger partial charge in [0.25, 0.3) is 5.91 Å². The summed E-state index contributed by atoms with van der Waals surface area (Å²) in [5.74, 6) is -0.359. The predicted octanol–water partition coefficient (Wildman–Crippen LogP) is 2.21. The molecule has 0 aliphatic heterocycles. The molecule has 130 valence electrons. The number of ketones is 1. The molecular weight excluding hydrogens is 319 g/mol. The molecule has 0 bridgehead atoms. The van der Waals surface area contributed by atoms with Gasteiger partial charge in [-0.15, -0.1) is 0 Å². The van der Waals surface area contributed by atoms with Crippen LogP contribution in [0.4, 0.5) is 10.1 Å². The maximum atomic E-state index is 13.0. The van der Waals surface area contributed by atoms with Crippen LogP contribution in [0.2, 0.25) is 0 Å². The molecule has 1 aliphatic rings. The zero-order valence-corrected chi connectivity index (χ0v) is 14.2. The van der Waals surface area contributed by atoms with Gasteiger partial charge >= 0.3 is 0 Å². The number of Topliss-reactive ketones (excluding diaryl/α,β-unsaturated/α-hetero) is 1. The highest BCUT2D eigenvalue weighted by Crippen LogP contribution is 2.16. The van der Waals surface area contributed by atoms with Gasteiger partial charge in [0.1, 0.15) is 12.4 Å². The summed E-state index contributed by atoms with van der Waals surface area (Å²) in [6, 6.07) is 13.9. The highest BCUT2D eigenvalue weighted by Gasteiger charge is 2.34. The molecule has 1 aliphatic carbocycles. The van der Waals surface area contributed by atoms with Crippen LogP contribution in [0.15, 0.2) is 48.5 Å². The van der Waals surface area contributed by atoms with Crippen molar-refractivity contribution in [3.05, 3.63) is 65.5 Å². The second-order valence-corrected chi connectivity index (χ2v) is 6.60. The van der Waals surface area contributed by atoms with E-state index >= 15 is 0 Å². The number of amides is 1. The van der Waals surface area contributed by atoms with E-state index in [1.165, 1.54) is 24.0 Å². The molecule has 0 radical (unpaired) electrons. The van der Waals surface area contributed by atoms with E-state index in [0.29, 0.717) is 30.4 Å². The first kappa shape index (κ1) is 17.3. The average Bonchev–Trinajstić information content (AvgIpc) is 3.41. The van der Waals surface area contributed by atoms with Gasteiger partial charge in [-0.1, -0.05) is 24.3 Å². The number of hydrogen-bond acceptors (Lipinski definition) is 2. The molecule has 1 saturated carbocycles. The lowest BCUT2D eigenvalue weighted by Crippen LogP contribution is -3.13. The second kappa shape index (κ2) is 7.57. The third kappa shape index (κ3) is 4.97. The Morgan fingerprint density at radius 2 is 1.88 bits per heavy atom. The number of quaternary nitrogens is 1. The summed E-state index contributed by atoms with van der Waals surface area (Å²) < 4.78 is 13.0. The predicted molar refractivity (Wildman–Crippen MR) is 94.0 cm³/mol. The van der Waals surface area contributed by atoms with E-state index in [1.54, 1.807) is 36.4 Å². The number of hydrogen-bond donors (Lipinski definition) is 2. The highest BCUT2D eigenvalue weighted by atomic mass is 19.1. The summed E-state index contributed by atoms with van der Waals surface area (Å²) in [5.41, 5.74) is 2.24. The van der Waals surface area contributed by atoms with Gasteiger partial charge in [-0.25, -0.2) is 4.39 Å². The second-order valence-electron chi connectivity index (χ2n) is 6.60. The normalized spacial score (nSPS) is 14.8. The molecule has 4 nitrogen and oxygen atoms in total. The van der Waals surface area contributed by atoms with Crippen molar-refractivity contribution in [2.75, 3.05) is 11.9 Å². The fraction of sp³-hybridized carbons (Fsp3) is 0.300. The van der Waals surface area contributed by atoms with Crippen LogP contribution >= 0.6 is 0 Å². The van der Waals surface area contributed by atoms with Crippen LogP contribution in [-0.2, 0) is 11.3 Å². The number of anilines is 1. The molecule has 0 aromatic heterocycles. The van der Waals surface area contributed by atoms with Crippen LogP contribution in [0.5, 0.6) is 0 Å². The Morgan fingerprint density at radius 1 is 1.16 bits per heavy atom. The Hall–Kier alpha value is -2.53. The van der Waals surface area contributed by atoms with E-state index in [0.717, 1.165) is 18.4 Å². The minimum atomic E-state index is -0.250. The lowest BCUT2D eigenvalue weighted by atomic mass is 10.1. The van der Waals surface area contributed by atoms with E-state index in [-0.39, 0.29) is 17.5 Å². The Morgan fingerprint density at radius 3 is 2.52 bits per heavy atom. The maximum Gasteiger partial charge on any atom is 0.279 e. The van der Waals surface area contributed by atoms with Crippen LogP contribution in [0.3, 0.4) is 0 Å². The van der Waals surface area contributed by atoms with E-state index < -0.39 is 0 Å². The minimum absolute atomic E-state index is 0.0300. The molecular formula is C20H22FN2O2+. The van der Waals surface area contributed by atoms with Crippen LogP contribution in [0.25, 0.3) is 0 Å². The summed E-state index contributed by atoms with van der Waals surface area (Å²) in [7, 11) is 0. The monoisotopic (exact) mass is 341 g/mol. The zero-order valence-electron chi connectivity index (χ0n) is 14.2. The van der Waals surface area contributed by atoms with Crippen molar-refractivity contribution in [3.63, 3.8) is 0 Å². The number of rotatable bonds is 7. The standard InChI is InChI=1S/C20H21FN2O2/c1-14(24)16-3-2-4-18(11-16)22-20(25)13-23(19-9-10-19)12-15-5-7-17(21)8-6-15/h2-8,11,19H,9-10,12-13H2,1H3,(H,22,25)/p+1. The molecule has 3 rings (SSSR count). The van der Waals surface area contributed by atoms with Crippen molar-refractivity contribution in [1.82, 2.24) is 0 Å². The summed E-state index contributed by atoms with van der Waals surface area (Å²) >= 11 is 0. The van der Waals surface area contributed by atoms with Gasteiger partial charge < -0.3 is 10.2 Å². The highest BCUT2D eigenvalue weighted by molar-refractivity contribution is 5.97. The van der Waals surface area contributed by atoms with Gasteiger partial charge in [0.05, 0.1) is 6.04 Å². The SMILES string of the molecule is CC(=O)c1cccc(NC(=O)C[NH+](Cc2ccc(F)cc2)C2CC2)c1. The number of halogens is 1. The number of nitrogens with one attached hydrogen (secondary N) is 2. The van der Waals surface area contributed by atoms with E-state index in [4.69, 9.17) is 0 Å². The van der Waals surface area contributed by atoms with Gasteiger partial charge in [0.2, 0.25) is 0 Å². The number of carbonyl (C=O) groups is 2. The van der Waals surface area contributed by atoms with Gasteiger partial charge in [-0.05, 0) is 31.2 Å². The molecule has 2 aromatic rings. The molecule has 1 atom stereocenters. The fourth-order valence-electron chi connectivity index (χ4n) is 2.93. The van der Waals surface area contributed by atoms with Crippen molar-refractivity contribution in [2.24, 2.45) is 0 Å². The molecule has 2 N–H and O–H groups in total. The smallest absolute Gasteiger partial charge is 0.279 e. The first-order valence-corrected chi connectivity index (χ1v) is 8.51. The topological polar surface area (TPSA) is 50.6 Å². The molecule has 0 heterocycles. The Kier molecular flexibility index (Phi) is 5.24. The Balaban J connectivity index is 1.62. The molecule has 0 spiro atoms. The Labute approximate surface area is 146 Å². The molecule has 0 saturated heterocycles. The quantitative estimate of drug-likeness (QED) is 0.759. The summed E-state index contributed by atoms with van der Waals surface area (Å²) in [6.45, 7) is 2.56. The molecule has 25 heavy (non-hydrogen) atoms. The Bertz CT molecular complexity index is 770. The van der Waals surface area contributed by atoms with Crippen molar-refractivity contribution >= 4 is 17.4 Å². The van der Waals surface area contributed by atoms with Crippen molar-refractivity contribution in [2.45, 2.75) is 32.4 Å². The van der Waals surface area contributed by atoms with E-state index in [2.05, 4.69) is 5.32 Å². The molecule has 2 aromatic carbocycles. The van der Waals surface area contributed by atoms with Gasteiger partial charge in [-0.2, -0.15) is 0 Å². The van der Waals surface area contributed by atoms with Crippen molar-refractivity contribution in [1.29, 1.82) is 0 Å². The largest absolute Gasteiger partial charge is 0.321 e. The van der Waals surface area contributed by atoms with Crippen LogP contribution in [0, 0.1) is 5.82 Å². The lowest BCUT2D eigenvalue weighted by Gasteiger charge is -2.19. The first-order valence-electron chi connectivity index (χ1n) is 8.51. The van der Waals surface area contributed by atoms with Gasteiger partial charge in [-0.3, -0.25) is 9.59 Å².